The van der Waals surface area contributed by atoms with Crippen molar-refractivity contribution in [1.82, 2.24) is 51.9 Å². The van der Waals surface area contributed by atoms with Crippen molar-refractivity contribution >= 4 is 81.2 Å². The van der Waals surface area contributed by atoms with E-state index < -0.39 is 58.6 Å². The molecule has 5 aromatic heterocycles. The molecule has 0 saturated heterocycles. The van der Waals surface area contributed by atoms with E-state index in [-0.39, 0.29) is 67.6 Å². The molecule has 18 N–H and O–H groups in total. The average molecular weight is 1920 g/mol. The molecule has 0 aliphatic rings. The lowest BCUT2D eigenvalue weighted by molar-refractivity contribution is -0.138. The summed E-state index contributed by atoms with van der Waals surface area (Å²) in [5, 5.41) is 101. The second kappa shape index (κ2) is 56.7. The molecule has 10 aromatic rings. The third-order valence-corrected chi connectivity index (χ3v) is 16.2. The molecule has 0 aliphatic carbocycles. The number of terminal acetylenes is 1. The highest BCUT2D eigenvalue weighted by molar-refractivity contribution is 14.1. The van der Waals surface area contributed by atoms with Crippen molar-refractivity contribution in [3.05, 3.63) is 237 Å². The van der Waals surface area contributed by atoms with E-state index in [4.69, 9.17) is 86.9 Å². The lowest BCUT2D eigenvalue weighted by Crippen LogP contribution is -2.27. The maximum Gasteiger partial charge on any atom is 0.413 e. The van der Waals surface area contributed by atoms with E-state index >= 15 is 0 Å². The fraction of sp³-hybridized carbons (Fsp3) is 0.291. The molecule has 648 valence electrons. The summed E-state index contributed by atoms with van der Waals surface area (Å²) in [6, 6.07) is 30.1. The molecule has 35 nitrogen and oxygen atoms in total. The summed E-state index contributed by atoms with van der Waals surface area (Å²) in [6.07, 6.45) is 9.16. The number of aromatic hydroxyl groups is 1. The number of carbonyl (C=O) groups excluding carboxylic acids is 4. The van der Waals surface area contributed by atoms with Crippen molar-refractivity contribution in [2.75, 3.05) is 51.6 Å². The summed E-state index contributed by atoms with van der Waals surface area (Å²) < 4.78 is 108. The van der Waals surface area contributed by atoms with Crippen LogP contribution in [0.3, 0.4) is 0 Å². The Morgan fingerprint density at radius 3 is 1.32 bits per heavy atom. The van der Waals surface area contributed by atoms with Gasteiger partial charge >= 0.3 is 24.2 Å². The van der Waals surface area contributed by atoms with Crippen molar-refractivity contribution < 1.29 is 120 Å². The van der Waals surface area contributed by atoms with Crippen molar-refractivity contribution in [3.8, 4) is 59.0 Å². The molecule has 0 radical (unpaired) electrons. The number of aliphatic hydroxyl groups is 5. The number of primary amides is 1. The first-order chi connectivity index (χ1) is 57.0. The molecule has 121 heavy (non-hydrogen) atoms. The Morgan fingerprint density at radius 1 is 0.579 bits per heavy atom. The number of pyridine rings is 1. The maximum absolute atomic E-state index is 13.0. The summed E-state index contributed by atoms with van der Waals surface area (Å²) >= 11 is 4.06. The van der Waals surface area contributed by atoms with E-state index in [9.17, 15) is 46.2 Å². The Balaban J connectivity index is 0.000000484. The number of nitrogens with two attached hydrogens (primary N) is 1. The summed E-state index contributed by atoms with van der Waals surface area (Å²) in [7, 11) is 0. The van der Waals surface area contributed by atoms with E-state index in [1.807, 2.05) is 57.3 Å². The van der Waals surface area contributed by atoms with Crippen LogP contribution in [0.25, 0.3) is 5.53 Å². The van der Waals surface area contributed by atoms with Crippen LogP contribution in [-0.4, -0.2) is 169 Å². The van der Waals surface area contributed by atoms with Crippen LogP contribution in [0.4, 0.5) is 32.6 Å². The van der Waals surface area contributed by atoms with Gasteiger partial charge in [0.1, 0.15) is 81.3 Å². The molecule has 0 bridgehead atoms. The molecule has 0 fully saturated rings. The topological polar surface area (TPSA) is 580 Å². The van der Waals surface area contributed by atoms with Gasteiger partial charge in [-0.3, -0.25) is 30.5 Å². The van der Waals surface area contributed by atoms with Crippen LogP contribution in [0, 0.1) is 71.2 Å². The summed E-state index contributed by atoms with van der Waals surface area (Å²) in [5.41, 5.74) is 18.3. The third-order valence-electron chi connectivity index (χ3n) is 14.5. The van der Waals surface area contributed by atoms with Crippen molar-refractivity contribution in [3.63, 3.8) is 0 Å². The Morgan fingerprint density at radius 2 is 0.975 bits per heavy atom. The number of hydrogen-bond acceptors (Lipinski definition) is 26. The number of nitrogens with one attached hydrogen (secondary N) is 5. The number of hydrogen-bond donors (Lipinski definition) is 13. The Kier molecular flexibility index (Phi) is 48.9. The van der Waals surface area contributed by atoms with Gasteiger partial charge in [-0.15, -0.1) is 12.3 Å². The number of benzene rings is 5. The first-order valence-corrected chi connectivity index (χ1v) is 37.5. The highest BCUT2D eigenvalue weighted by atomic mass is 127. The maximum atomic E-state index is 13.0. The monoisotopic (exact) mass is 1910 g/mol. The average Bonchev–Trinajstić information content (AvgIpc) is 1.82. The number of nitrogens with zero attached hydrogens (tertiary/aromatic N) is 9. The second-order valence-electron chi connectivity index (χ2n) is 24.4. The van der Waals surface area contributed by atoms with E-state index in [2.05, 4.69) is 66.5 Å². The summed E-state index contributed by atoms with van der Waals surface area (Å²) in [4.78, 5) is 50.2. The van der Waals surface area contributed by atoms with Crippen LogP contribution in [0.15, 0.2) is 121 Å². The number of aromatic amines is 4. The number of aliphatic hydroxyl groups excluding tert-OH is 5. The summed E-state index contributed by atoms with van der Waals surface area (Å²) in [6.45, 7) is 9.46. The van der Waals surface area contributed by atoms with Gasteiger partial charge in [-0.1, -0.05) is 0 Å². The molecular weight excluding hydrogens is 1830 g/mol. The smallest absolute Gasteiger partial charge is 0.413 e. The van der Waals surface area contributed by atoms with Gasteiger partial charge in [0.15, 0.2) is 28.6 Å². The number of esters is 2. The number of anilines is 1. The quantitative estimate of drug-likeness (QED) is 0.00229. The minimum atomic E-state index is -0.642. The summed E-state index contributed by atoms with van der Waals surface area (Å²) in [5.74, 6) is 0.864. The molecule has 42 heteroatoms. The number of nitriles is 2. The Hall–Kier alpha value is -12.7. The Bertz CT molecular complexity index is 5080. The molecule has 0 aliphatic heterocycles. The first kappa shape index (κ1) is 104. The normalized spacial score (nSPS) is 9.97. The minimum absolute atomic E-state index is 0. The standard InChI is InChI=1S/C15H17FN2O4.C13H11FIN3O2.C13H14FN3O3.C13H12FN3O2.C11H11FO2.C10H13IN2O3.C4H6N2O2.H3N.H2O/c1-2-21-15(20)13-8-12(17-18-13)5-6-22-14-4-3-11(16)7-10(14)9-19;14-9-1-2-12(8(5-9)7-19)20-4-3-10-13(15)11(6-16)18-17-10;14-9-1-2-12(8(5-9)7-18)20-4-3-10-6-11(13(15)19)17-16-10;14-10-1-2-13(9(5-10)8-18)19-4-3-11-6-12(7-15)17-16-11;1-2-3-6-14-11-5-4-10(12)7-9(11)8-13;1-10(2,3)16-9(15)13-8-7(14)4-6(11)5-12-8;1-2-8-4(7)3-6-5;;/h3-4,7-8,19H,2,5-6,9H2,1H3,(H,17,18);1-2,5,19H,3-4,7H2,(H,17,18);1-2,5-6,18H,3-4,7H2,(H2,15,19)(H,16,17);1-2,5-6,18H,3-4,8H2,(H,16,17);1,4-5,7,13H,3,6,8H2;4-5,14H,1-3H3,(H,12,13,15);3H,2H2,1H3;1H3;1H2. The van der Waals surface area contributed by atoms with Gasteiger partial charge in [0, 0.05) is 86.8 Å². The van der Waals surface area contributed by atoms with E-state index in [1.165, 1.54) is 103 Å². The lowest BCUT2D eigenvalue weighted by Gasteiger charge is -2.19. The third kappa shape index (κ3) is 39.2. The number of amides is 2. The van der Waals surface area contributed by atoms with Gasteiger partial charge in [-0.25, -0.2) is 41.3 Å². The van der Waals surface area contributed by atoms with Crippen molar-refractivity contribution in [1.29, 1.82) is 10.5 Å². The molecule has 10 rings (SSSR count). The predicted molar refractivity (Wildman–Crippen MR) is 442 cm³/mol. The number of rotatable bonds is 30. The van der Waals surface area contributed by atoms with Crippen LogP contribution in [0.1, 0.15) is 124 Å². The molecule has 0 spiro atoms. The predicted octanol–water partition coefficient (Wildman–Crippen LogP) is 9.92. The van der Waals surface area contributed by atoms with E-state index in [0.717, 1.165) is 24.2 Å². The first-order valence-electron chi connectivity index (χ1n) is 35.3. The minimum Gasteiger partial charge on any atom is -0.504 e. The molecule has 5 heterocycles. The van der Waals surface area contributed by atoms with Crippen molar-refractivity contribution in [2.24, 2.45) is 5.73 Å². The van der Waals surface area contributed by atoms with E-state index in [0.29, 0.717) is 158 Å². The van der Waals surface area contributed by atoms with Crippen LogP contribution < -0.4 is 40.9 Å². The highest BCUT2D eigenvalue weighted by Gasteiger charge is 2.19. The van der Waals surface area contributed by atoms with Crippen LogP contribution >= 0.6 is 45.2 Å². The van der Waals surface area contributed by atoms with Crippen LogP contribution in [0.5, 0.6) is 34.5 Å². The van der Waals surface area contributed by atoms with Crippen LogP contribution in [-0.2, 0) is 77.7 Å². The molecule has 5 aromatic carbocycles. The largest absolute Gasteiger partial charge is 0.504 e. The highest BCUT2D eigenvalue weighted by Crippen LogP contribution is 2.27. The zero-order valence-corrected chi connectivity index (χ0v) is 70.1. The number of aromatic nitrogens is 9. The van der Waals surface area contributed by atoms with Crippen molar-refractivity contribution in [2.45, 2.75) is 105 Å². The SMILES string of the molecule is C#CCCOc1ccc(F)cc1CO.CC(C)(C)OC(=O)Nc1ncc(I)cc1O.CCOC(=O)C=[N+]=[N-].CCOC(=O)c1cc(CCOc2ccc(F)cc2CO)[nH]n1.N.N#Cc1cc(CCOc2ccc(F)cc2CO)[nH]n1.N#Cc1n[nH]c(CCOc2ccc(F)cc2CO)c1I.NC(=O)c1cc(CCOc2ccc(F)cc2CO)[nH]n1.O. The molecule has 0 saturated carbocycles. The fourth-order valence-corrected chi connectivity index (χ4v) is 10.1. The lowest BCUT2D eigenvalue weighted by atomic mass is 10.2. The molecule has 2 amide bonds. The van der Waals surface area contributed by atoms with Gasteiger partial charge in [0.25, 0.3) is 5.91 Å². The van der Waals surface area contributed by atoms with Gasteiger partial charge in [-0.2, -0.15) is 35.7 Å². The number of ether oxygens (including phenoxy) is 8. The zero-order chi connectivity index (χ0) is 87.8. The number of H-pyrrole nitrogens is 4. The van der Waals surface area contributed by atoms with Crippen LogP contribution in [0.2, 0.25) is 0 Å². The molecule has 0 unspecified atom stereocenters. The van der Waals surface area contributed by atoms with E-state index in [1.54, 1.807) is 52.8 Å². The van der Waals surface area contributed by atoms with Gasteiger partial charge in [-0.05, 0) is 195 Å². The number of halogens is 7. The van der Waals surface area contributed by atoms with Gasteiger partial charge in [0.05, 0.1) is 88.5 Å². The Labute approximate surface area is 717 Å². The van der Waals surface area contributed by atoms with Gasteiger partial charge in [0.2, 0.25) is 0 Å². The fourth-order valence-electron chi connectivity index (χ4n) is 9.08. The molecule has 0 atom stereocenters. The van der Waals surface area contributed by atoms with Gasteiger partial charge < -0.3 is 91.4 Å². The molecular formula is C79H89F5I2N16O19. The number of carbonyl (C=O) groups is 4. The second-order valence-corrected chi connectivity index (χ2v) is 26.7. The zero-order valence-electron chi connectivity index (χ0n) is 65.8.